The number of anilines is 1. The van der Waals surface area contributed by atoms with Crippen molar-refractivity contribution in [1.82, 2.24) is 20.3 Å². The number of aromatic nitrogens is 3. The van der Waals surface area contributed by atoms with Crippen molar-refractivity contribution in [2.24, 2.45) is 0 Å². The average molecular weight is 315 g/mol. The highest BCUT2D eigenvalue weighted by Crippen LogP contribution is 2.34. The third-order valence-electron chi connectivity index (χ3n) is 5.30. The number of nitrogens with one attached hydrogen (secondary N) is 3. The maximum Gasteiger partial charge on any atom is 0.143 e. The largest absolute Gasteiger partial charge is 0.372 e. The Hall–Kier alpha value is -1.66. The van der Waals surface area contributed by atoms with Crippen LogP contribution in [-0.4, -0.2) is 46.3 Å². The van der Waals surface area contributed by atoms with Gasteiger partial charge in [0.05, 0.1) is 17.6 Å². The van der Waals surface area contributed by atoms with Crippen LogP contribution in [0, 0.1) is 0 Å². The average Bonchev–Trinajstić information content (AvgIpc) is 3.02. The zero-order chi connectivity index (χ0) is 15.7. The van der Waals surface area contributed by atoms with E-state index >= 15 is 0 Å². The molecule has 3 heterocycles. The van der Waals surface area contributed by atoms with Gasteiger partial charge in [-0.15, -0.1) is 0 Å². The fourth-order valence-electron chi connectivity index (χ4n) is 3.92. The predicted octanol–water partition coefficient (Wildman–Crippen LogP) is 2.23. The van der Waals surface area contributed by atoms with Crippen molar-refractivity contribution in [3.05, 3.63) is 18.1 Å². The Kier molecular flexibility index (Phi) is 3.95. The zero-order valence-corrected chi connectivity index (χ0v) is 13.7. The van der Waals surface area contributed by atoms with E-state index in [9.17, 15) is 0 Å². The van der Waals surface area contributed by atoms with E-state index in [0.29, 0.717) is 6.04 Å². The maximum absolute atomic E-state index is 6.08. The molecule has 1 aliphatic heterocycles. The number of aromatic amines is 1. The van der Waals surface area contributed by atoms with Gasteiger partial charge in [0.15, 0.2) is 0 Å². The van der Waals surface area contributed by atoms with Crippen molar-refractivity contribution in [3.8, 4) is 0 Å². The fourth-order valence-corrected chi connectivity index (χ4v) is 3.92. The standard InChI is InChI=1S/C17H25N5O/c1-2-12-9-19-15-14(12)16(21-11-20-15)22-13-3-5-17(6-4-13)10-18-7-8-23-17/h9,11,13,18H,2-8,10H2,1H3,(H2,19,20,21,22). The van der Waals surface area contributed by atoms with Gasteiger partial charge in [-0.3, -0.25) is 0 Å². The summed E-state index contributed by atoms with van der Waals surface area (Å²) in [5.74, 6) is 0.969. The Labute approximate surface area is 136 Å². The summed E-state index contributed by atoms with van der Waals surface area (Å²) in [6.45, 7) is 4.98. The Morgan fingerprint density at radius 3 is 2.96 bits per heavy atom. The molecule has 6 heteroatoms. The quantitative estimate of drug-likeness (QED) is 0.810. The van der Waals surface area contributed by atoms with Crippen LogP contribution in [-0.2, 0) is 11.2 Å². The molecule has 6 nitrogen and oxygen atoms in total. The van der Waals surface area contributed by atoms with Crippen molar-refractivity contribution < 1.29 is 4.74 Å². The molecule has 0 atom stereocenters. The predicted molar refractivity (Wildman–Crippen MR) is 90.7 cm³/mol. The fraction of sp³-hybridized carbons (Fsp3) is 0.647. The molecule has 0 unspecified atom stereocenters. The van der Waals surface area contributed by atoms with Crippen LogP contribution in [0.25, 0.3) is 11.0 Å². The van der Waals surface area contributed by atoms with Crippen LogP contribution >= 0.6 is 0 Å². The summed E-state index contributed by atoms with van der Waals surface area (Å²) in [7, 11) is 0. The van der Waals surface area contributed by atoms with E-state index in [2.05, 4.69) is 32.5 Å². The van der Waals surface area contributed by atoms with Gasteiger partial charge in [0, 0.05) is 25.3 Å². The molecule has 3 N–H and O–H groups in total. The van der Waals surface area contributed by atoms with E-state index in [-0.39, 0.29) is 5.60 Å². The number of hydrogen-bond acceptors (Lipinski definition) is 5. The number of hydrogen-bond donors (Lipinski definition) is 3. The van der Waals surface area contributed by atoms with Crippen LogP contribution in [0.5, 0.6) is 0 Å². The lowest BCUT2D eigenvalue weighted by atomic mass is 9.81. The molecule has 0 bridgehead atoms. The topological polar surface area (TPSA) is 74.9 Å². The minimum absolute atomic E-state index is 0.0695. The molecule has 1 spiro atoms. The molecular formula is C17H25N5O. The van der Waals surface area contributed by atoms with Gasteiger partial charge in [-0.1, -0.05) is 6.92 Å². The van der Waals surface area contributed by atoms with Gasteiger partial charge >= 0.3 is 0 Å². The second-order valence-corrected chi connectivity index (χ2v) is 6.74. The van der Waals surface area contributed by atoms with Gasteiger partial charge in [-0.05, 0) is 37.7 Å². The van der Waals surface area contributed by atoms with E-state index < -0.39 is 0 Å². The molecule has 0 amide bonds. The minimum atomic E-state index is 0.0695. The van der Waals surface area contributed by atoms with Gasteiger partial charge in [0.25, 0.3) is 0 Å². The Balaban J connectivity index is 1.48. The highest BCUT2D eigenvalue weighted by molar-refractivity contribution is 5.90. The SMILES string of the molecule is CCc1c[nH]c2ncnc(NC3CCC4(CC3)CNCCO4)c12. The molecule has 2 fully saturated rings. The van der Waals surface area contributed by atoms with Gasteiger partial charge < -0.3 is 20.4 Å². The number of nitrogens with zero attached hydrogens (tertiary/aromatic N) is 2. The van der Waals surface area contributed by atoms with Crippen LogP contribution in [0.4, 0.5) is 5.82 Å². The molecule has 23 heavy (non-hydrogen) atoms. The molecule has 0 radical (unpaired) electrons. The first-order valence-corrected chi connectivity index (χ1v) is 8.72. The summed E-state index contributed by atoms with van der Waals surface area (Å²) >= 11 is 0. The molecule has 1 saturated carbocycles. The number of H-pyrrole nitrogens is 1. The van der Waals surface area contributed by atoms with E-state index in [1.54, 1.807) is 6.33 Å². The molecule has 0 aromatic carbocycles. The van der Waals surface area contributed by atoms with Gasteiger partial charge in [-0.2, -0.15) is 0 Å². The first kappa shape index (κ1) is 14.9. The van der Waals surface area contributed by atoms with E-state index in [4.69, 9.17) is 4.74 Å². The van der Waals surface area contributed by atoms with E-state index in [1.165, 1.54) is 5.56 Å². The van der Waals surface area contributed by atoms with Crippen LogP contribution in [0.2, 0.25) is 0 Å². The molecular weight excluding hydrogens is 290 g/mol. The lowest BCUT2D eigenvalue weighted by molar-refractivity contribution is -0.0888. The van der Waals surface area contributed by atoms with Crippen LogP contribution < -0.4 is 10.6 Å². The molecule has 2 aliphatic rings. The number of ether oxygens (including phenoxy) is 1. The summed E-state index contributed by atoms with van der Waals surface area (Å²) in [4.78, 5) is 12.1. The minimum Gasteiger partial charge on any atom is -0.372 e. The number of fused-ring (bicyclic) bond motifs is 1. The number of morpholine rings is 1. The number of aryl methyl sites for hydroxylation is 1. The summed E-state index contributed by atoms with van der Waals surface area (Å²) in [5, 5.41) is 8.28. The van der Waals surface area contributed by atoms with Crippen LogP contribution in [0.15, 0.2) is 12.5 Å². The lowest BCUT2D eigenvalue weighted by Crippen LogP contribution is -2.52. The van der Waals surface area contributed by atoms with Gasteiger partial charge in [0.1, 0.15) is 17.8 Å². The lowest BCUT2D eigenvalue weighted by Gasteiger charge is -2.43. The third kappa shape index (κ3) is 2.81. The third-order valence-corrected chi connectivity index (χ3v) is 5.30. The second-order valence-electron chi connectivity index (χ2n) is 6.74. The van der Waals surface area contributed by atoms with Crippen molar-refractivity contribution in [1.29, 1.82) is 0 Å². The van der Waals surface area contributed by atoms with Crippen molar-refractivity contribution in [3.63, 3.8) is 0 Å². The van der Waals surface area contributed by atoms with E-state index in [1.807, 2.05) is 6.20 Å². The monoisotopic (exact) mass is 315 g/mol. The van der Waals surface area contributed by atoms with Crippen LogP contribution in [0.3, 0.4) is 0 Å². The summed E-state index contributed by atoms with van der Waals surface area (Å²) in [6.07, 6.45) is 9.13. The Bertz CT molecular complexity index is 667. The van der Waals surface area contributed by atoms with E-state index in [0.717, 1.165) is 68.7 Å². The highest BCUT2D eigenvalue weighted by atomic mass is 16.5. The van der Waals surface area contributed by atoms with Crippen molar-refractivity contribution in [2.75, 3.05) is 25.0 Å². The second kappa shape index (κ2) is 6.09. The first-order valence-electron chi connectivity index (χ1n) is 8.72. The summed E-state index contributed by atoms with van der Waals surface area (Å²) in [6, 6.07) is 0.462. The van der Waals surface area contributed by atoms with Gasteiger partial charge in [-0.25, -0.2) is 9.97 Å². The zero-order valence-electron chi connectivity index (χ0n) is 13.7. The van der Waals surface area contributed by atoms with Crippen molar-refractivity contribution in [2.45, 2.75) is 50.7 Å². The summed E-state index contributed by atoms with van der Waals surface area (Å²) in [5.41, 5.74) is 2.27. The molecule has 1 saturated heterocycles. The molecule has 4 rings (SSSR count). The molecule has 124 valence electrons. The maximum atomic E-state index is 6.08. The smallest absolute Gasteiger partial charge is 0.143 e. The Morgan fingerprint density at radius 1 is 1.35 bits per heavy atom. The van der Waals surface area contributed by atoms with Crippen LogP contribution in [0.1, 0.15) is 38.2 Å². The highest BCUT2D eigenvalue weighted by Gasteiger charge is 2.37. The molecule has 2 aromatic heterocycles. The molecule has 1 aliphatic carbocycles. The Morgan fingerprint density at radius 2 is 2.22 bits per heavy atom. The van der Waals surface area contributed by atoms with Crippen molar-refractivity contribution >= 4 is 16.9 Å². The number of rotatable bonds is 3. The summed E-state index contributed by atoms with van der Waals surface area (Å²) < 4.78 is 6.08. The first-order chi connectivity index (χ1) is 11.3. The molecule has 2 aromatic rings. The van der Waals surface area contributed by atoms with Gasteiger partial charge in [0.2, 0.25) is 0 Å². The normalized spacial score (nSPS) is 28.3.